The van der Waals surface area contributed by atoms with E-state index >= 15 is 0 Å². The van der Waals surface area contributed by atoms with Gasteiger partial charge in [-0.3, -0.25) is 0 Å². The fourth-order valence-corrected chi connectivity index (χ4v) is 3.26. The third-order valence-electron chi connectivity index (χ3n) is 4.46. The summed E-state index contributed by atoms with van der Waals surface area (Å²) >= 11 is 0. The molecule has 134 valence electrons. The molecule has 0 saturated heterocycles. The fourth-order valence-electron chi connectivity index (χ4n) is 3.26. The van der Waals surface area contributed by atoms with Crippen molar-refractivity contribution in [1.82, 2.24) is 0 Å². The molecule has 1 rings (SSSR count). The van der Waals surface area contributed by atoms with E-state index in [1.165, 1.54) is 94.7 Å². The molecule has 0 spiro atoms. The summed E-state index contributed by atoms with van der Waals surface area (Å²) in [6.07, 6.45) is 21.6. The van der Waals surface area contributed by atoms with Gasteiger partial charge in [-0.05, 0) is 26.3 Å². The van der Waals surface area contributed by atoms with E-state index in [1.54, 1.807) is 0 Å². The Kier molecular flexibility index (Phi) is 15.3. The lowest BCUT2D eigenvalue weighted by Crippen LogP contribution is -3.00. The van der Waals surface area contributed by atoms with E-state index in [9.17, 15) is 0 Å². The predicted molar refractivity (Wildman–Crippen MR) is 97.2 cm³/mol. The van der Waals surface area contributed by atoms with Crippen LogP contribution in [0.25, 0.3) is 0 Å². The van der Waals surface area contributed by atoms with E-state index in [0.717, 1.165) is 0 Å². The fraction of sp³-hybridized carbons (Fsp3) is 0.762. The minimum absolute atomic E-state index is 0. The highest BCUT2D eigenvalue weighted by molar-refractivity contribution is 5.11. The number of aryl methyl sites for hydroxylation is 3. The highest BCUT2D eigenvalue weighted by atomic mass is 127. The molecule has 23 heavy (non-hydrogen) atoms. The van der Waals surface area contributed by atoms with Crippen LogP contribution >= 0.6 is 0 Å². The van der Waals surface area contributed by atoms with Crippen molar-refractivity contribution in [1.29, 1.82) is 0 Å². The minimum atomic E-state index is 0. The molecule has 0 fully saturated rings. The molecule has 1 aromatic heterocycles. The lowest BCUT2D eigenvalue weighted by atomic mass is 10.1. The third kappa shape index (κ3) is 12.9. The molecule has 1 heterocycles. The lowest BCUT2D eigenvalue weighted by molar-refractivity contribution is -0.698. The van der Waals surface area contributed by atoms with Gasteiger partial charge in [-0.1, -0.05) is 71.1 Å². The molecule has 0 atom stereocenters. The summed E-state index contributed by atoms with van der Waals surface area (Å²) in [5.74, 6) is 0. The summed E-state index contributed by atoms with van der Waals surface area (Å²) in [7, 11) is 0. The number of pyridine rings is 1. The summed E-state index contributed by atoms with van der Waals surface area (Å²) < 4.78 is 2.36. The van der Waals surface area contributed by atoms with Gasteiger partial charge in [0.1, 0.15) is 6.54 Å². The zero-order valence-corrected chi connectivity index (χ0v) is 17.9. The maximum atomic E-state index is 2.36. The zero-order chi connectivity index (χ0) is 16.0. The number of aromatic nitrogens is 1. The topological polar surface area (TPSA) is 3.88 Å². The van der Waals surface area contributed by atoms with Crippen LogP contribution < -0.4 is 28.5 Å². The Hall–Kier alpha value is -0.120. The Morgan fingerprint density at radius 1 is 0.652 bits per heavy atom. The Labute approximate surface area is 162 Å². The third-order valence-corrected chi connectivity index (χ3v) is 4.46. The van der Waals surface area contributed by atoms with Crippen LogP contribution in [0.4, 0.5) is 0 Å². The first kappa shape index (κ1) is 22.9. The van der Waals surface area contributed by atoms with E-state index in [1.807, 2.05) is 0 Å². The predicted octanol–water partition coefficient (Wildman–Crippen LogP) is 3.30. The molecule has 0 N–H and O–H groups in total. The van der Waals surface area contributed by atoms with Crippen molar-refractivity contribution in [2.24, 2.45) is 0 Å². The normalized spacial score (nSPS) is 10.6. The van der Waals surface area contributed by atoms with Crippen LogP contribution in [-0.2, 0) is 6.54 Å². The van der Waals surface area contributed by atoms with E-state index in [-0.39, 0.29) is 24.0 Å². The molecule has 0 aliphatic rings. The highest BCUT2D eigenvalue weighted by Gasteiger charge is 2.02. The highest BCUT2D eigenvalue weighted by Crippen LogP contribution is 2.11. The molecular weight excluding hydrogens is 393 g/mol. The van der Waals surface area contributed by atoms with Gasteiger partial charge in [0.05, 0.1) is 0 Å². The van der Waals surface area contributed by atoms with Crippen LogP contribution in [0.3, 0.4) is 0 Å². The summed E-state index contributed by atoms with van der Waals surface area (Å²) in [4.78, 5) is 0. The largest absolute Gasteiger partial charge is 1.00 e. The van der Waals surface area contributed by atoms with Gasteiger partial charge in [-0.15, -0.1) is 0 Å². The van der Waals surface area contributed by atoms with Crippen LogP contribution in [0.15, 0.2) is 18.5 Å². The van der Waals surface area contributed by atoms with Gasteiger partial charge in [0, 0.05) is 17.5 Å². The van der Waals surface area contributed by atoms with Gasteiger partial charge in [0.15, 0.2) is 12.4 Å². The second-order valence-electron chi connectivity index (χ2n) is 7.02. The average Bonchev–Trinajstić information content (AvgIpc) is 2.47. The van der Waals surface area contributed by atoms with Gasteiger partial charge in [-0.2, -0.15) is 0 Å². The standard InChI is InChI=1S/C21H38N.HI/c1-4-5-6-7-8-9-10-11-12-13-14-15-16-22-18-20(2)17-21(3)19-22;/h17-19H,4-16H2,1-3H3;1H/q+1;/p-1. The number of halogens is 1. The number of hydrogen-bond donors (Lipinski definition) is 0. The molecule has 0 saturated carbocycles. The maximum absolute atomic E-state index is 2.36. The van der Waals surface area contributed by atoms with E-state index < -0.39 is 0 Å². The first-order valence-electron chi connectivity index (χ1n) is 9.69. The van der Waals surface area contributed by atoms with Gasteiger partial charge in [-0.25, -0.2) is 4.57 Å². The first-order valence-corrected chi connectivity index (χ1v) is 9.69. The van der Waals surface area contributed by atoms with Crippen molar-refractivity contribution >= 4 is 0 Å². The van der Waals surface area contributed by atoms with Crippen LogP contribution in [0, 0.1) is 13.8 Å². The molecule has 2 heteroatoms. The second kappa shape index (κ2) is 15.4. The summed E-state index contributed by atoms with van der Waals surface area (Å²) in [5, 5.41) is 0. The molecule has 0 aliphatic carbocycles. The minimum Gasteiger partial charge on any atom is -1.00 e. The Morgan fingerprint density at radius 2 is 1.04 bits per heavy atom. The van der Waals surface area contributed by atoms with Crippen molar-refractivity contribution in [3.63, 3.8) is 0 Å². The smallest absolute Gasteiger partial charge is 0.171 e. The first-order chi connectivity index (χ1) is 10.7. The van der Waals surface area contributed by atoms with E-state index in [0.29, 0.717) is 0 Å². The Bertz CT molecular complexity index is 369. The SMILES string of the molecule is CCCCCCCCCCCCCC[n+]1cc(C)cc(C)c1.[I-]. The van der Waals surface area contributed by atoms with Crippen molar-refractivity contribution in [3.8, 4) is 0 Å². The monoisotopic (exact) mass is 431 g/mol. The van der Waals surface area contributed by atoms with Crippen LogP contribution in [0.2, 0.25) is 0 Å². The molecule has 0 aromatic carbocycles. The maximum Gasteiger partial charge on any atom is 0.171 e. The van der Waals surface area contributed by atoms with Crippen molar-refractivity contribution in [2.75, 3.05) is 0 Å². The molecule has 0 aliphatic heterocycles. The van der Waals surface area contributed by atoms with Crippen molar-refractivity contribution in [2.45, 2.75) is 104 Å². The molecule has 0 bridgehead atoms. The van der Waals surface area contributed by atoms with Crippen LogP contribution in [0.5, 0.6) is 0 Å². The zero-order valence-electron chi connectivity index (χ0n) is 15.7. The molecule has 1 aromatic rings. The van der Waals surface area contributed by atoms with Crippen molar-refractivity contribution in [3.05, 3.63) is 29.6 Å². The Balaban J connectivity index is 0.00000484. The number of rotatable bonds is 13. The average molecular weight is 431 g/mol. The second-order valence-corrected chi connectivity index (χ2v) is 7.02. The molecule has 0 unspecified atom stereocenters. The van der Waals surface area contributed by atoms with Crippen molar-refractivity contribution < 1.29 is 28.5 Å². The molecule has 1 nitrogen and oxygen atoms in total. The van der Waals surface area contributed by atoms with Gasteiger partial charge in [0.2, 0.25) is 0 Å². The number of nitrogens with zero attached hydrogens (tertiary/aromatic N) is 1. The lowest BCUT2D eigenvalue weighted by Gasteiger charge is -2.03. The molecule has 0 amide bonds. The molecular formula is C21H38IN. The van der Waals surface area contributed by atoms with Gasteiger partial charge >= 0.3 is 0 Å². The summed E-state index contributed by atoms with van der Waals surface area (Å²) in [5.41, 5.74) is 2.75. The number of unbranched alkanes of at least 4 members (excludes halogenated alkanes) is 11. The number of hydrogen-bond acceptors (Lipinski definition) is 0. The van der Waals surface area contributed by atoms with Crippen LogP contribution in [0.1, 0.15) is 95.1 Å². The van der Waals surface area contributed by atoms with Gasteiger partial charge in [0.25, 0.3) is 0 Å². The quantitative estimate of drug-likeness (QED) is 0.256. The summed E-state index contributed by atoms with van der Waals surface area (Å²) in [6, 6.07) is 2.25. The van der Waals surface area contributed by atoms with Crippen LogP contribution in [-0.4, -0.2) is 0 Å². The molecule has 0 radical (unpaired) electrons. The Morgan fingerprint density at radius 3 is 1.48 bits per heavy atom. The van der Waals surface area contributed by atoms with E-state index in [4.69, 9.17) is 0 Å². The van der Waals surface area contributed by atoms with E-state index in [2.05, 4.69) is 43.8 Å². The summed E-state index contributed by atoms with van der Waals surface area (Å²) in [6.45, 7) is 7.84. The van der Waals surface area contributed by atoms with Gasteiger partial charge < -0.3 is 24.0 Å².